The molecule has 0 N–H and O–H groups in total. The van der Waals surface area contributed by atoms with Gasteiger partial charge >= 0.3 is 5.97 Å². The molecule has 132 valence electrons. The molecule has 24 heavy (non-hydrogen) atoms. The van der Waals surface area contributed by atoms with Crippen molar-refractivity contribution in [1.29, 1.82) is 0 Å². The van der Waals surface area contributed by atoms with Crippen molar-refractivity contribution in [3.8, 4) is 0 Å². The number of benzene rings is 1. The van der Waals surface area contributed by atoms with Crippen LogP contribution in [0, 0.1) is 17.3 Å². The average molecular weight is 351 g/mol. The lowest BCUT2D eigenvalue weighted by Crippen LogP contribution is -2.23. The molecular weight excluding hydrogens is 324 g/mol. The molecule has 2 aliphatic carbocycles. The molecule has 0 aliphatic heterocycles. The number of hydrogen-bond acceptors (Lipinski definition) is 3. The Morgan fingerprint density at radius 3 is 2.50 bits per heavy atom. The van der Waals surface area contributed by atoms with E-state index in [2.05, 4.69) is 13.8 Å². The molecule has 3 rings (SSSR count). The fourth-order valence-corrected chi connectivity index (χ4v) is 3.95. The van der Waals surface area contributed by atoms with Gasteiger partial charge in [-0.05, 0) is 48.8 Å². The molecule has 0 amide bonds. The Kier molecular flexibility index (Phi) is 5.51. The molecule has 1 aromatic carbocycles. The fraction of sp³-hybridized carbons (Fsp3) is 0.650. The van der Waals surface area contributed by atoms with E-state index in [1.54, 1.807) is 0 Å². The number of esters is 1. The Bertz CT molecular complexity index is 561. The minimum absolute atomic E-state index is 0.0213. The van der Waals surface area contributed by atoms with E-state index >= 15 is 0 Å². The standard InChI is InChI=1S/C20H27ClO3/c1-20(2)17(13-23-12-14-8-10-15(21)11-9-14)18(20)19(22)24-16-6-4-3-5-7-16/h8-11,16-18H,3-7,12-13H2,1-2H3. The zero-order chi connectivity index (χ0) is 17.2. The lowest BCUT2D eigenvalue weighted by Gasteiger charge is -2.22. The van der Waals surface area contributed by atoms with Crippen LogP contribution in [0.1, 0.15) is 51.5 Å². The lowest BCUT2D eigenvalue weighted by atomic mass is 9.98. The molecule has 2 saturated carbocycles. The maximum Gasteiger partial charge on any atom is 0.310 e. The first-order valence-electron chi connectivity index (χ1n) is 9.01. The summed E-state index contributed by atoms with van der Waals surface area (Å²) in [6, 6.07) is 7.67. The van der Waals surface area contributed by atoms with Crippen molar-refractivity contribution in [3.63, 3.8) is 0 Å². The average Bonchev–Trinajstić information content (AvgIpc) is 3.11. The Labute approximate surface area is 149 Å². The third kappa shape index (κ3) is 4.12. The molecule has 2 fully saturated rings. The van der Waals surface area contributed by atoms with Crippen molar-refractivity contribution in [1.82, 2.24) is 0 Å². The third-order valence-electron chi connectivity index (χ3n) is 5.62. The van der Waals surface area contributed by atoms with E-state index < -0.39 is 0 Å². The van der Waals surface area contributed by atoms with Crippen molar-refractivity contribution in [2.75, 3.05) is 6.61 Å². The second-order valence-electron chi connectivity index (χ2n) is 7.74. The molecule has 0 spiro atoms. The largest absolute Gasteiger partial charge is 0.462 e. The normalized spacial score (nSPS) is 26.1. The molecule has 0 heterocycles. The molecule has 4 heteroatoms. The first kappa shape index (κ1) is 17.8. The summed E-state index contributed by atoms with van der Waals surface area (Å²) >= 11 is 5.89. The summed E-state index contributed by atoms with van der Waals surface area (Å²) in [6.45, 7) is 5.42. The van der Waals surface area contributed by atoms with Crippen LogP contribution in [0.4, 0.5) is 0 Å². The molecule has 3 nitrogen and oxygen atoms in total. The number of ether oxygens (including phenoxy) is 2. The molecule has 0 bridgehead atoms. The number of carbonyl (C=O) groups excluding carboxylic acids is 1. The van der Waals surface area contributed by atoms with Gasteiger partial charge in [-0.25, -0.2) is 0 Å². The Balaban J connectivity index is 1.45. The molecule has 2 atom stereocenters. The third-order valence-corrected chi connectivity index (χ3v) is 5.87. The second kappa shape index (κ2) is 7.45. The van der Waals surface area contributed by atoms with Crippen LogP contribution in [0.3, 0.4) is 0 Å². The van der Waals surface area contributed by atoms with Crippen LogP contribution in [0.2, 0.25) is 5.02 Å². The van der Waals surface area contributed by atoms with Gasteiger partial charge in [0.2, 0.25) is 0 Å². The monoisotopic (exact) mass is 350 g/mol. The van der Waals surface area contributed by atoms with Crippen molar-refractivity contribution in [2.24, 2.45) is 17.3 Å². The quantitative estimate of drug-likeness (QED) is 0.677. The van der Waals surface area contributed by atoms with Gasteiger partial charge in [0.05, 0.1) is 19.1 Å². The minimum atomic E-state index is -0.0235. The Morgan fingerprint density at radius 2 is 1.83 bits per heavy atom. The fourth-order valence-electron chi connectivity index (χ4n) is 3.83. The zero-order valence-corrected chi connectivity index (χ0v) is 15.3. The zero-order valence-electron chi connectivity index (χ0n) is 14.6. The second-order valence-corrected chi connectivity index (χ2v) is 8.18. The van der Waals surface area contributed by atoms with Crippen LogP contribution >= 0.6 is 11.6 Å². The maximum atomic E-state index is 12.5. The van der Waals surface area contributed by atoms with E-state index in [0.717, 1.165) is 23.4 Å². The van der Waals surface area contributed by atoms with E-state index in [1.165, 1.54) is 19.3 Å². The predicted molar refractivity (Wildman–Crippen MR) is 94.8 cm³/mol. The topological polar surface area (TPSA) is 35.5 Å². The summed E-state index contributed by atoms with van der Waals surface area (Å²) in [7, 11) is 0. The lowest BCUT2D eigenvalue weighted by molar-refractivity contribution is -0.153. The molecular formula is C20H27ClO3. The van der Waals surface area contributed by atoms with Crippen LogP contribution < -0.4 is 0 Å². The SMILES string of the molecule is CC1(C)C(COCc2ccc(Cl)cc2)C1C(=O)OC1CCCCC1. The highest BCUT2D eigenvalue weighted by Gasteiger charge is 2.62. The van der Waals surface area contributed by atoms with Crippen molar-refractivity contribution < 1.29 is 14.3 Å². The summed E-state index contributed by atoms with van der Waals surface area (Å²) in [5.41, 5.74) is 1.07. The van der Waals surface area contributed by atoms with Gasteiger partial charge in [0.25, 0.3) is 0 Å². The highest BCUT2D eigenvalue weighted by atomic mass is 35.5. The number of hydrogen-bond donors (Lipinski definition) is 0. The number of rotatable bonds is 6. The van der Waals surface area contributed by atoms with E-state index in [1.807, 2.05) is 24.3 Å². The van der Waals surface area contributed by atoms with E-state index in [0.29, 0.717) is 13.2 Å². The van der Waals surface area contributed by atoms with Crippen molar-refractivity contribution >= 4 is 17.6 Å². The van der Waals surface area contributed by atoms with Gasteiger partial charge in [-0.15, -0.1) is 0 Å². The van der Waals surface area contributed by atoms with Crippen LogP contribution in [0.5, 0.6) is 0 Å². The summed E-state index contributed by atoms with van der Waals surface area (Å²) in [6.07, 6.45) is 5.81. The van der Waals surface area contributed by atoms with Crippen LogP contribution in [0.25, 0.3) is 0 Å². The Hall–Kier alpha value is -1.06. The van der Waals surface area contributed by atoms with Gasteiger partial charge in [0.1, 0.15) is 6.10 Å². The van der Waals surface area contributed by atoms with Crippen molar-refractivity contribution in [2.45, 2.75) is 58.7 Å². The summed E-state index contributed by atoms with van der Waals surface area (Å²) in [4.78, 5) is 12.5. The van der Waals surface area contributed by atoms with Crippen LogP contribution in [0.15, 0.2) is 24.3 Å². The van der Waals surface area contributed by atoms with Gasteiger partial charge in [-0.2, -0.15) is 0 Å². The highest BCUT2D eigenvalue weighted by Crippen LogP contribution is 2.59. The van der Waals surface area contributed by atoms with Gasteiger partial charge in [-0.3, -0.25) is 4.79 Å². The summed E-state index contributed by atoms with van der Waals surface area (Å²) in [5, 5.41) is 0.729. The van der Waals surface area contributed by atoms with Gasteiger partial charge in [0, 0.05) is 10.9 Å². The first-order valence-corrected chi connectivity index (χ1v) is 9.39. The predicted octanol–water partition coefficient (Wildman–Crippen LogP) is 5.00. The van der Waals surface area contributed by atoms with E-state index in [-0.39, 0.29) is 29.3 Å². The number of halogens is 1. The molecule has 0 saturated heterocycles. The van der Waals surface area contributed by atoms with E-state index in [4.69, 9.17) is 21.1 Å². The summed E-state index contributed by atoms with van der Waals surface area (Å²) < 4.78 is 11.6. The molecule has 0 aromatic heterocycles. The smallest absolute Gasteiger partial charge is 0.310 e. The number of carbonyl (C=O) groups is 1. The maximum absolute atomic E-state index is 12.5. The van der Waals surface area contributed by atoms with Crippen LogP contribution in [-0.4, -0.2) is 18.7 Å². The minimum Gasteiger partial charge on any atom is -0.462 e. The van der Waals surface area contributed by atoms with Gasteiger partial charge in [-0.1, -0.05) is 44.0 Å². The van der Waals surface area contributed by atoms with E-state index in [9.17, 15) is 4.79 Å². The Morgan fingerprint density at radius 1 is 1.17 bits per heavy atom. The molecule has 0 radical (unpaired) electrons. The van der Waals surface area contributed by atoms with Gasteiger partial charge < -0.3 is 9.47 Å². The highest BCUT2D eigenvalue weighted by molar-refractivity contribution is 6.30. The van der Waals surface area contributed by atoms with Gasteiger partial charge in [0.15, 0.2) is 0 Å². The molecule has 2 aliphatic rings. The first-order chi connectivity index (χ1) is 11.5. The molecule has 1 aromatic rings. The van der Waals surface area contributed by atoms with Crippen LogP contribution in [-0.2, 0) is 20.9 Å². The van der Waals surface area contributed by atoms with Crippen molar-refractivity contribution in [3.05, 3.63) is 34.9 Å². The molecule has 2 unspecified atom stereocenters. The summed E-state index contributed by atoms with van der Waals surface area (Å²) in [5.74, 6) is 0.206.